The Kier molecular flexibility index (Phi) is 3.26. The van der Waals surface area contributed by atoms with E-state index in [0.29, 0.717) is 24.4 Å². The van der Waals surface area contributed by atoms with Gasteiger partial charge < -0.3 is 14.3 Å². The van der Waals surface area contributed by atoms with Crippen LogP contribution in [0.15, 0.2) is 16.7 Å². The molecule has 2 heterocycles. The molecule has 1 fully saturated rings. The highest BCUT2D eigenvalue weighted by Crippen LogP contribution is 2.18. The fraction of sp³-hybridized carbons (Fsp3) is 0.545. The number of furan rings is 1. The third kappa shape index (κ3) is 2.25. The Balaban J connectivity index is 2.04. The van der Waals surface area contributed by atoms with Crippen LogP contribution in [0.3, 0.4) is 0 Å². The van der Waals surface area contributed by atoms with Crippen LogP contribution in [0.4, 0.5) is 0 Å². The summed E-state index contributed by atoms with van der Waals surface area (Å²) in [5, 5.41) is 9.39. The van der Waals surface area contributed by atoms with Crippen LogP contribution in [-0.4, -0.2) is 42.3 Å². The van der Waals surface area contributed by atoms with Gasteiger partial charge in [0.1, 0.15) is 11.3 Å². The van der Waals surface area contributed by atoms with Crippen molar-refractivity contribution in [1.82, 2.24) is 4.90 Å². The number of methoxy groups -OCH3 is 1. The topological polar surface area (TPSA) is 62.9 Å². The van der Waals surface area contributed by atoms with Crippen molar-refractivity contribution in [3.8, 4) is 0 Å². The Hall–Kier alpha value is -1.33. The van der Waals surface area contributed by atoms with Gasteiger partial charge in [-0.3, -0.25) is 4.90 Å². The van der Waals surface area contributed by atoms with E-state index in [-0.39, 0.29) is 12.1 Å². The van der Waals surface area contributed by atoms with Crippen molar-refractivity contribution in [1.29, 1.82) is 0 Å². The lowest BCUT2D eigenvalue weighted by atomic mass is 10.2. The van der Waals surface area contributed by atoms with Crippen molar-refractivity contribution in [3.05, 3.63) is 23.7 Å². The zero-order chi connectivity index (χ0) is 11.5. The molecule has 0 amide bonds. The summed E-state index contributed by atoms with van der Waals surface area (Å²) in [6.07, 6.45) is 1.99. The molecule has 1 aromatic rings. The zero-order valence-electron chi connectivity index (χ0n) is 9.18. The number of hydrogen-bond acceptors (Lipinski definition) is 5. The first-order chi connectivity index (χ1) is 7.70. The normalized spacial score (nSPS) is 21.2. The van der Waals surface area contributed by atoms with Gasteiger partial charge in [-0.1, -0.05) is 0 Å². The predicted octanol–water partition coefficient (Wildman–Crippen LogP) is 0.633. The summed E-state index contributed by atoms with van der Waals surface area (Å²) in [6, 6.07) is 1.60. The SMILES string of the molecule is COC(=O)c1ccoc1CN1CCC(O)C1. The second-order valence-corrected chi connectivity index (χ2v) is 3.93. The Bertz CT molecular complexity index is 374. The molecule has 0 spiro atoms. The number of esters is 1. The zero-order valence-corrected chi connectivity index (χ0v) is 9.18. The highest BCUT2D eigenvalue weighted by Gasteiger charge is 2.23. The number of nitrogens with zero attached hydrogens (tertiary/aromatic N) is 1. The number of ether oxygens (including phenoxy) is 1. The Morgan fingerprint density at radius 3 is 3.19 bits per heavy atom. The molecule has 1 unspecified atom stereocenters. The number of aliphatic hydroxyl groups excluding tert-OH is 1. The van der Waals surface area contributed by atoms with Crippen LogP contribution in [0.2, 0.25) is 0 Å². The highest BCUT2D eigenvalue weighted by atomic mass is 16.5. The third-order valence-electron chi connectivity index (χ3n) is 2.77. The van der Waals surface area contributed by atoms with Crippen LogP contribution in [0.25, 0.3) is 0 Å². The van der Waals surface area contributed by atoms with Crippen LogP contribution < -0.4 is 0 Å². The molecule has 0 aromatic carbocycles. The summed E-state index contributed by atoms with van der Waals surface area (Å²) in [7, 11) is 1.35. The van der Waals surface area contributed by atoms with E-state index in [4.69, 9.17) is 4.42 Å². The number of carbonyl (C=O) groups is 1. The molecule has 5 nitrogen and oxygen atoms in total. The summed E-state index contributed by atoms with van der Waals surface area (Å²) >= 11 is 0. The van der Waals surface area contributed by atoms with Crippen molar-refractivity contribution in [3.63, 3.8) is 0 Å². The predicted molar refractivity (Wildman–Crippen MR) is 55.9 cm³/mol. The first kappa shape index (κ1) is 11.2. The monoisotopic (exact) mass is 225 g/mol. The lowest BCUT2D eigenvalue weighted by molar-refractivity contribution is 0.0596. The average molecular weight is 225 g/mol. The van der Waals surface area contributed by atoms with E-state index < -0.39 is 0 Å². The molecule has 1 saturated heterocycles. The first-order valence-electron chi connectivity index (χ1n) is 5.26. The van der Waals surface area contributed by atoms with E-state index in [1.54, 1.807) is 6.07 Å². The molecular weight excluding hydrogens is 210 g/mol. The van der Waals surface area contributed by atoms with Gasteiger partial charge in [0.2, 0.25) is 0 Å². The maximum atomic E-state index is 11.4. The molecule has 1 atom stereocenters. The van der Waals surface area contributed by atoms with Gasteiger partial charge in [0.25, 0.3) is 0 Å². The Morgan fingerprint density at radius 2 is 2.56 bits per heavy atom. The third-order valence-corrected chi connectivity index (χ3v) is 2.77. The molecule has 0 aliphatic carbocycles. The van der Waals surface area contributed by atoms with Crippen molar-refractivity contribution >= 4 is 5.97 Å². The average Bonchev–Trinajstić information content (AvgIpc) is 2.87. The van der Waals surface area contributed by atoms with Gasteiger partial charge in [-0.2, -0.15) is 0 Å². The maximum Gasteiger partial charge on any atom is 0.341 e. The second kappa shape index (κ2) is 4.67. The van der Waals surface area contributed by atoms with Crippen LogP contribution in [0.1, 0.15) is 22.5 Å². The van der Waals surface area contributed by atoms with Gasteiger partial charge in [0.15, 0.2) is 0 Å². The molecule has 0 bridgehead atoms. The van der Waals surface area contributed by atoms with Gasteiger partial charge in [-0.25, -0.2) is 4.79 Å². The summed E-state index contributed by atoms with van der Waals surface area (Å²) in [5.74, 6) is 0.212. The number of likely N-dealkylation sites (tertiary alicyclic amines) is 1. The maximum absolute atomic E-state index is 11.4. The molecule has 5 heteroatoms. The van der Waals surface area contributed by atoms with Crippen LogP contribution in [0.5, 0.6) is 0 Å². The lowest BCUT2D eigenvalue weighted by Crippen LogP contribution is -2.22. The smallest absolute Gasteiger partial charge is 0.341 e. The van der Waals surface area contributed by atoms with E-state index in [9.17, 15) is 9.90 Å². The first-order valence-corrected chi connectivity index (χ1v) is 5.26. The largest absolute Gasteiger partial charge is 0.467 e. The van der Waals surface area contributed by atoms with Crippen molar-refractivity contribution in [2.45, 2.75) is 19.1 Å². The quantitative estimate of drug-likeness (QED) is 0.764. The fourth-order valence-corrected chi connectivity index (χ4v) is 1.91. The standard InChI is InChI=1S/C11H15NO4/c1-15-11(14)9-3-5-16-10(9)7-12-4-2-8(13)6-12/h3,5,8,13H,2,4,6-7H2,1H3. The molecular formula is C11H15NO4. The van der Waals surface area contributed by atoms with E-state index in [1.807, 2.05) is 0 Å². The van der Waals surface area contributed by atoms with Crippen molar-refractivity contribution < 1.29 is 19.1 Å². The number of hydrogen-bond donors (Lipinski definition) is 1. The van der Waals surface area contributed by atoms with E-state index in [2.05, 4.69) is 9.64 Å². The minimum Gasteiger partial charge on any atom is -0.467 e. The molecule has 88 valence electrons. The fourth-order valence-electron chi connectivity index (χ4n) is 1.91. The Morgan fingerprint density at radius 1 is 1.75 bits per heavy atom. The molecule has 1 aromatic heterocycles. The molecule has 0 saturated carbocycles. The second-order valence-electron chi connectivity index (χ2n) is 3.93. The van der Waals surface area contributed by atoms with Gasteiger partial charge >= 0.3 is 5.97 Å². The van der Waals surface area contributed by atoms with Crippen LogP contribution >= 0.6 is 0 Å². The number of aliphatic hydroxyl groups is 1. The summed E-state index contributed by atoms with van der Waals surface area (Å²) < 4.78 is 9.91. The van der Waals surface area contributed by atoms with Gasteiger partial charge in [0.05, 0.1) is 26.0 Å². The summed E-state index contributed by atoms with van der Waals surface area (Å²) in [5.41, 5.74) is 0.462. The highest BCUT2D eigenvalue weighted by molar-refractivity contribution is 5.90. The van der Waals surface area contributed by atoms with Crippen molar-refractivity contribution in [2.75, 3.05) is 20.2 Å². The number of β-amino-alcohol motifs (C(OH)–C–C–N with tert-alkyl or cyclic N) is 1. The minimum absolute atomic E-state index is 0.267. The minimum atomic E-state index is -0.386. The van der Waals surface area contributed by atoms with Crippen LogP contribution in [-0.2, 0) is 11.3 Å². The van der Waals surface area contributed by atoms with E-state index in [1.165, 1.54) is 13.4 Å². The van der Waals surface area contributed by atoms with Gasteiger partial charge in [-0.05, 0) is 12.5 Å². The molecule has 0 radical (unpaired) electrons. The van der Waals surface area contributed by atoms with E-state index in [0.717, 1.165) is 13.0 Å². The Labute approximate surface area is 93.6 Å². The lowest BCUT2D eigenvalue weighted by Gasteiger charge is -2.13. The van der Waals surface area contributed by atoms with Gasteiger partial charge in [0, 0.05) is 13.1 Å². The molecule has 1 aliphatic rings. The summed E-state index contributed by atoms with van der Waals surface area (Å²) in [6.45, 7) is 1.98. The molecule has 1 N–H and O–H groups in total. The summed E-state index contributed by atoms with van der Waals surface area (Å²) in [4.78, 5) is 13.4. The molecule has 1 aliphatic heterocycles. The molecule has 16 heavy (non-hydrogen) atoms. The number of rotatable bonds is 3. The van der Waals surface area contributed by atoms with Crippen LogP contribution in [0, 0.1) is 0 Å². The van der Waals surface area contributed by atoms with Gasteiger partial charge in [-0.15, -0.1) is 0 Å². The van der Waals surface area contributed by atoms with Crippen molar-refractivity contribution in [2.24, 2.45) is 0 Å². The molecule has 2 rings (SSSR count). The number of carbonyl (C=O) groups excluding carboxylic acids is 1. The van der Waals surface area contributed by atoms with E-state index >= 15 is 0 Å².